The largest absolute Gasteiger partial charge is 0.467 e. The van der Waals surface area contributed by atoms with Crippen LogP contribution in [0.4, 0.5) is 0 Å². The van der Waals surface area contributed by atoms with Crippen LogP contribution in [0.25, 0.3) is 10.8 Å². The summed E-state index contributed by atoms with van der Waals surface area (Å²) in [6.07, 6.45) is 5.44. The summed E-state index contributed by atoms with van der Waals surface area (Å²) < 4.78 is 5.57. The molecule has 96 valence electrons. The summed E-state index contributed by atoms with van der Waals surface area (Å²) in [6.45, 7) is 2.98. The molecule has 1 unspecified atom stereocenters. The van der Waals surface area contributed by atoms with Crippen LogP contribution in [0.5, 0.6) is 0 Å². The van der Waals surface area contributed by atoms with E-state index in [2.05, 4.69) is 41.5 Å². The van der Waals surface area contributed by atoms with Gasteiger partial charge in [-0.3, -0.25) is 4.98 Å². The molecule has 0 amide bonds. The molecule has 3 rings (SSSR count). The van der Waals surface area contributed by atoms with Crippen molar-refractivity contribution in [2.24, 2.45) is 0 Å². The van der Waals surface area contributed by atoms with E-state index in [1.54, 1.807) is 6.26 Å². The van der Waals surface area contributed by atoms with Gasteiger partial charge in [0.15, 0.2) is 0 Å². The van der Waals surface area contributed by atoms with E-state index >= 15 is 0 Å². The molecule has 19 heavy (non-hydrogen) atoms. The number of pyridine rings is 1. The van der Waals surface area contributed by atoms with E-state index in [4.69, 9.17) is 4.42 Å². The molecule has 0 spiro atoms. The quantitative estimate of drug-likeness (QED) is 0.772. The molecule has 3 heteroatoms. The molecule has 1 aromatic carbocycles. The number of aromatic nitrogens is 1. The molecule has 0 radical (unpaired) electrons. The van der Waals surface area contributed by atoms with Crippen LogP contribution in [0.15, 0.2) is 59.5 Å². The Labute approximate surface area is 112 Å². The van der Waals surface area contributed by atoms with Gasteiger partial charge in [0.25, 0.3) is 0 Å². The highest BCUT2D eigenvalue weighted by Crippen LogP contribution is 2.28. The first-order chi connectivity index (χ1) is 9.40. The molecule has 3 nitrogen and oxygen atoms in total. The van der Waals surface area contributed by atoms with Gasteiger partial charge in [0.2, 0.25) is 0 Å². The molecule has 0 saturated heterocycles. The topological polar surface area (TPSA) is 38.1 Å². The first-order valence-electron chi connectivity index (χ1n) is 6.49. The predicted molar refractivity (Wildman–Crippen MR) is 76.0 cm³/mol. The van der Waals surface area contributed by atoms with Gasteiger partial charge < -0.3 is 9.73 Å². The molecule has 0 fully saturated rings. The van der Waals surface area contributed by atoms with E-state index in [0.29, 0.717) is 0 Å². The van der Waals surface area contributed by atoms with Gasteiger partial charge in [-0.25, -0.2) is 0 Å². The minimum absolute atomic E-state index is 0.0751. The van der Waals surface area contributed by atoms with Gasteiger partial charge in [-0.15, -0.1) is 0 Å². The summed E-state index contributed by atoms with van der Waals surface area (Å²) in [4.78, 5) is 4.18. The van der Waals surface area contributed by atoms with Crippen molar-refractivity contribution in [1.29, 1.82) is 0 Å². The number of nitrogens with zero attached hydrogens (tertiary/aromatic N) is 1. The predicted octanol–water partition coefficient (Wildman–Crippen LogP) is 3.53. The summed E-state index contributed by atoms with van der Waals surface area (Å²) in [5, 5.41) is 5.84. The molecule has 0 aliphatic heterocycles. The third-order valence-electron chi connectivity index (χ3n) is 3.26. The number of hydrogen-bond donors (Lipinski definition) is 1. The molecule has 0 bridgehead atoms. The van der Waals surface area contributed by atoms with Gasteiger partial charge >= 0.3 is 0 Å². The molecule has 0 saturated carbocycles. The molecule has 0 aliphatic carbocycles. The maximum absolute atomic E-state index is 5.57. The Bertz CT molecular complexity index is 656. The van der Waals surface area contributed by atoms with E-state index in [9.17, 15) is 0 Å². The van der Waals surface area contributed by atoms with Crippen LogP contribution in [-0.4, -0.2) is 11.5 Å². The molecular formula is C16H16N2O. The number of rotatable bonds is 4. The van der Waals surface area contributed by atoms with E-state index in [1.807, 2.05) is 24.5 Å². The summed E-state index contributed by atoms with van der Waals surface area (Å²) >= 11 is 0. The second kappa shape index (κ2) is 5.24. The lowest BCUT2D eigenvalue weighted by molar-refractivity contribution is 0.453. The maximum atomic E-state index is 5.57. The Kier molecular flexibility index (Phi) is 3.29. The first-order valence-corrected chi connectivity index (χ1v) is 6.49. The van der Waals surface area contributed by atoms with Crippen molar-refractivity contribution in [2.75, 3.05) is 6.54 Å². The van der Waals surface area contributed by atoms with Crippen molar-refractivity contribution >= 4 is 10.8 Å². The average Bonchev–Trinajstić information content (AvgIpc) is 2.98. The van der Waals surface area contributed by atoms with Gasteiger partial charge in [-0.1, -0.05) is 25.1 Å². The second-order valence-corrected chi connectivity index (χ2v) is 4.45. The Morgan fingerprint density at radius 2 is 2.16 bits per heavy atom. The molecule has 3 aromatic rings. The van der Waals surface area contributed by atoms with Crippen molar-refractivity contribution in [3.63, 3.8) is 0 Å². The van der Waals surface area contributed by atoms with Crippen molar-refractivity contribution < 1.29 is 4.42 Å². The average molecular weight is 252 g/mol. The van der Waals surface area contributed by atoms with E-state index in [0.717, 1.165) is 17.7 Å². The third kappa shape index (κ3) is 2.25. The van der Waals surface area contributed by atoms with Crippen LogP contribution in [0.2, 0.25) is 0 Å². The van der Waals surface area contributed by atoms with Crippen LogP contribution in [-0.2, 0) is 0 Å². The second-order valence-electron chi connectivity index (χ2n) is 4.45. The number of fused-ring (bicyclic) bond motifs is 1. The summed E-state index contributed by atoms with van der Waals surface area (Å²) in [5.74, 6) is 0.936. The minimum atomic E-state index is 0.0751. The zero-order valence-corrected chi connectivity index (χ0v) is 10.8. The van der Waals surface area contributed by atoms with Crippen molar-refractivity contribution in [3.05, 3.63) is 66.4 Å². The highest BCUT2D eigenvalue weighted by Gasteiger charge is 2.17. The summed E-state index contributed by atoms with van der Waals surface area (Å²) in [6, 6.07) is 12.3. The zero-order valence-electron chi connectivity index (χ0n) is 10.8. The van der Waals surface area contributed by atoms with Crippen molar-refractivity contribution in [3.8, 4) is 0 Å². The highest BCUT2D eigenvalue weighted by molar-refractivity contribution is 5.85. The molecule has 2 heterocycles. The van der Waals surface area contributed by atoms with Crippen molar-refractivity contribution in [1.82, 2.24) is 10.3 Å². The number of benzene rings is 1. The lowest BCUT2D eigenvalue weighted by atomic mass is 9.98. The third-order valence-corrected chi connectivity index (χ3v) is 3.26. The van der Waals surface area contributed by atoms with Crippen molar-refractivity contribution in [2.45, 2.75) is 13.0 Å². The highest BCUT2D eigenvalue weighted by atomic mass is 16.3. The van der Waals surface area contributed by atoms with Crippen LogP contribution in [0.1, 0.15) is 24.3 Å². The summed E-state index contributed by atoms with van der Waals surface area (Å²) in [7, 11) is 0. The minimum Gasteiger partial charge on any atom is -0.467 e. The number of furan rings is 1. The standard InChI is InChI=1S/C16H16N2O/c1-2-18-16(15-7-4-10-19-15)14-6-3-5-12-11-17-9-8-13(12)14/h3-11,16,18H,2H2,1H3. The zero-order chi connectivity index (χ0) is 13.1. The molecule has 0 aliphatic rings. The first kappa shape index (κ1) is 11.9. The lowest BCUT2D eigenvalue weighted by Gasteiger charge is -2.18. The summed E-state index contributed by atoms with van der Waals surface area (Å²) in [5.41, 5.74) is 1.22. The van der Waals surface area contributed by atoms with Gasteiger partial charge in [0.1, 0.15) is 5.76 Å². The normalized spacial score (nSPS) is 12.7. The van der Waals surface area contributed by atoms with Crippen LogP contribution in [0, 0.1) is 0 Å². The Hall–Kier alpha value is -2.13. The van der Waals surface area contributed by atoms with Gasteiger partial charge in [0.05, 0.1) is 12.3 Å². The number of hydrogen-bond acceptors (Lipinski definition) is 3. The fraction of sp³-hybridized carbons (Fsp3) is 0.188. The SMILES string of the molecule is CCNC(c1ccco1)c1cccc2cnccc12. The van der Waals surface area contributed by atoms with E-state index in [-0.39, 0.29) is 6.04 Å². The molecule has 1 N–H and O–H groups in total. The van der Waals surface area contributed by atoms with E-state index < -0.39 is 0 Å². The Morgan fingerprint density at radius 3 is 2.95 bits per heavy atom. The molecular weight excluding hydrogens is 236 g/mol. The smallest absolute Gasteiger partial charge is 0.125 e. The van der Waals surface area contributed by atoms with Crippen LogP contribution < -0.4 is 5.32 Å². The van der Waals surface area contributed by atoms with Crippen LogP contribution >= 0.6 is 0 Å². The van der Waals surface area contributed by atoms with Gasteiger partial charge in [-0.2, -0.15) is 0 Å². The molecule has 2 aromatic heterocycles. The van der Waals surface area contributed by atoms with Gasteiger partial charge in [0, 0.05) is 17.8 Å². The molecule has 1 atom stereocenters. The monoisotopic (exact) mass is 252 g/mol. The van der Waals surface area contributed by atoms with E-state index in [1.165, 1.54) is 10.9 Å². The fourth-order valence-corrected chi connectivity index (χ4v) is 2.42. The maximum Gasteiger partial charge on any atom is 0.125 e. The number of nitrogens with one attached hydrogen (secondary N) is 1. The Balaban J connectivity index is 2.15. The van der Waals surface area contributed by atoms with Gasteiger partial charge in [-0.05, 0) is 35.7 Å². The fourth-order valence-electron chi connectivity index (χ4n) is 2.42. The lowest BCUT2D eigenvalue weighted by Crippen LogP contribution is -2.21. The Morgan fingerprint density at radius 1 is 1.21 bits per heavy atom. The van der Waals surface area contributed by atoms with Crippen LogP contribution in [0.3, 0.4) is 0 Å².